The van der Waals surface area contributed by atoms with Gasteiger partial charge in [-0.15, -0.1) is 0 Å². The van der Waals surface area contributed by atoms with Crippen molar-refractivity contribution in [3.8, 4) is 0 Å². The molecule has 0 aromatic carbocycles. The number of carbonyl (C=O) groups is 1. The van der Waals surface area contributed by atoms with Crippen molar-refractivity contribution in [2.75, 3.05) is 19.8 Å². The molecule has 2 rings (SSSR count). The number of likely N-dealkylation sites (N-methyl/N-ethyl adjacent to an activating group) is 1. The molecule has 1 aliphatic heterocycles. The van der Waals surface area contributed by atoms with Gasteiger partial charge in [-0.3, -0.25) is 9.69 Å². The lowest BCUT2D eigenvalue weighted by Gasteiger charge is -2.28. The van der Waals surface area contributed by atoms with Crippen LogP contribution in [0.5, 0.6) is 0 Å². The second-order valence-corrected chi connectivity index (χ2v) is 5.10. The average Bonchev–Trinajstić information content (AvgIpc) is 2.94. The Kier molecular flexibility index (Phi) is 4.42. The summed E-state index contributed by atoms with van der Waals surface area (Å²) in [4.78, 5) is 13.2. The fourth-order valence-corrected chi connectivity index (χ4v) is 2.58. The summed E-state index contributed by atoms with van der Waals surface area (Å²) in [6, 6.07) is 3.64. The Hall–Kier alpha value is -0.850. The standard InChI is InChI=1S/C12H16BrNO4/c1-2-14(5-8-3-4-11(13)18-8)10-7-17-6-9(10)12(15)16/h3-4,9-10H,2,5-7H2,1H3,(H,15,16). The van der Waals surface area contributed by atoms with Gasteiger partial charge in [0, 0.05) is 6.04 Å². The van der Waals surface area contributed by atoms with Crippen molar-refractivity contribution in [1.29, 1.82) is 0 Å². The molecule has 1 fully saturated rings. The lowest BCUT2D eigenvalue weighted by Crippen LogP contribution is -2.42. The van der Waals surface area contributed by atoms with E-state index in [9.17, 15) is 4.79 Å². The van der Waals surface area contributed by atoms with Crippen LogP contribution in [0.15, 0.2) is 21.2 Å². The number of carboxylic acid groups (broad SMARTS) is 1. The molecule has 0 radical (unpaired) electrons. The summed E-state index contributed by atoms with van der Waals surface area (Å²) < 4.78 is 11.4. The Labute approximate surface area is 114 Å². The lowest BCUT2D eigenvalue weighted by atomic mass is 10.0. The zero-order valence-corrected chi connectivity index (χ0v) is 11.7. The van der Waals surface area contributed by atoms with Crippen LogP contribution in [0, 0.1) is 5.92 Å². The first-order valence-electron chi connectivity index (χ1n) is 5.90. The normalized spacial score (nSPS) is 23.7. The minimum Gasteiger partial charge on any atom is -0.481 e. The zero-order valence-electron chi connectivity index (χ0n) is 10.1. The molecule has 6 heteroatoms. The van der Waals surface area contributed by atoms with Gasteiger partial charge in [-0.1, -0.05) is 6.92 Å². The van der Waals surface area contributed by atoms with Gasteiger partial charge < -0.3 is 14.3 Å². The molecule has 0 bridgehead atoms. The number of rotatable bonds is 5. The first-order valence-corrected chi connectivity index (χ1v) is 6.70. The molecule has 1 aliphatic rings. The van der Waals surface area contributed by atoms with E-state index in [1.807, 2.05) is 19.1 Å². The summed E-state index contributed by atoms with van der Waals surface area (Å²) in [5.41, 5.74) is 0. The summed E-state index contributed by atoms with van der Waals surface area (Å²) in [6.07, 6.45) is 0. The van der Waals surface area contributed by atoms with Gasteiger partial charge in [0.25, 0.3) is 0 Å². The number of hydrogen-bond donors (Lipinski definition) is 1. The largest absolute Gasteiger partial charge is 0.481 e. The number of carboxylic acids is 1. The van der Waals surface area contributed by atoms with Crippen molar-refractivity contribution in [2.45, 2.75) is 19.5 Å². The first-order chi connectivity index (χ1) is 8.61. The highest BCUT2D eigenvalue weighted by Crippen LogP contribution is 2.23. The molecule has 0 aliphatic carbocycles. The molecule has 1 N–H and O–H groups in total. The van der Waals surface area contributed by atoms with Gasteiger partial charge in [0.2, 0.25) is 0 Å². The number of halogens is 1. The van der Waals surface area contributed by atoms with Crippen molar-refractivity contribution in [3.05, 3.63) is 22.6 Å². The van der Waals surface area contributed by atoms with Crippen LogP contribution in [0.4, 0.5) is 0 Å². The van der Waals surface area contributed by atoms with Crippen molar-refractivity contribution in [1.82, 2.24) is 4.90 Å². The van der Waals surface area contributed by atoms with Crippen LogP contribution in [0.2, 0.25) is 0 Å². The molecule has 0 spiro atoms. The predicted octanol–water partition coefficient (Wildman–Crippen LogP) is 1.96. The summed E-state index contributed by atoms with van der Waals surface area (Å²) >= 11 is 3.26. The number of ether oxygens (including phenoxy) is 1. The average molecular weight is 318 g/mol. The molecule has 1 aromatic rings. The molecule has 5 nitrogen and oxygen atoms in total. The number of nitrogens with zero attached hydrogens (tertiary/aromatic N) is 1. The van der Waals surface area contributed by atoms with Crippen LogP contribution < -0.4 is 0 Å². The summed E-state index contributed by atoms with van der Waals surface area (Å²) in [6.45, 7) is 4.12. The van der Waals surface area contributed by atoms with E-state index in [0.29, 0.717) is 24.4 Å². The molecular weight excluding hydrogens is 302 g/mol. The maximum Gasteiger partial charge on any atom is 0.310 e. The van der Waals surface area contributed by atoms with E-state index in [0.717, 1.165) is 12.3 Å². The highest BCUT2D eigenvalue weighted by atomic mass is 79.9. The Morgan fingerprint density at radius 3 is 2.89 bits per heavy atom. The van der Waals surface area contributed by atoms with Crippen LogP contribution >= 0.6 is 15.9 Å². The van der Waals surface area contributed by atoms with Gasteiger partial charge in [0.1, 0.15) is 5.76 Å². The molecular formula is C12H16BrNO4. The quantitative estimate of drug-likeness (QED) is 0.899. The third kappa shape index (κ3) is 2.93. The van der Waals surface area contributed by atoms with Crippen molar-refractivity contribution >= 4 is 21.9 Å². The number of hydrogen-bond acceptors (Lipinski definition) is 4. The van der Waals surface area contributed by atoms with E-state index in [1.165, 1.54) is 0 Å². The van der Waals surface area contributed by atoms with Crippen LogP contribution in [0.25, 0.3) is 0 Å². The summed E-state index contributed by atoms with van der Waals surface area (Å²) in [5.74, 6) is -0.431. The maximum atomic E-state index is 11.2. The van der Waals surface area contributed by atoms with Crippen LogP contribution in [-0.2, 0) is 16.1 Å². The third-order valence-corrected chi connectivity index (χ3v) is 3.66. The van der Waals surface area contributed by atoms with E-state index in [-0.39, 0.29) is 6.04 Å². The Morgan fingerprint density at radius 1 is 1.56 bits per heavy atom. The molecule has 18 heavy (non-hydrogen) atoms. The molecule has 1 aromatic heterocycles. The van der Waals surface area contributed by atoms with Gasteiger partial charge in [-0.05, 0) is 34.6 Å². The highest BCUT2D eigenvalue weighted by molar-refractivity contribution is 9.10. The highest BCUT2D eigenvalue weighted by Gasteiger charge is 2.37. The maximum absolute atomic E-state index is 11.2. The van der Waals surface area contributed by atoms with Crippen molar-refractivity contribution in [3.63, 3.8) is 0 Å². The Balaban J connectivity index is 2.06. The zero-order chi connectivity index (χ0) is 13.1. The van der Waals surface area contributed by atoms with Gasteiger partial charge in [-0.2, -0.15) is 0 Å². The molecule has 0 saturated carbocycles. The van der Waals surface area contributed by atoms with E-state index in [4.69, 9.17) is 14.3 Å². The van der Waals surface area contributed by atoms with Gasteiger partial charge in [0.05, 0.1) is 25.7 Å². The summed E-state index contributed by atoms with van der Waals surface area (Å²) in [7, 11) is 0. The minimum atomic E-state index is -0.795. The SMILES string of the molecule is CCN(Cc1ccc(Br)o1)C1COCC1C(=O)O. The van der Waals surface area contributed by atoms with Gasteiger partial charge >= 0.3 is 5.97 Å². The third-order valence-electron chi connectivity index (χ3n) is 3.23. The fourth-order valence-electron chi connectivity index (χ4n) is 2.24. The van der Waals surface area contributed by atoms with Gasteiger partial charge in [-0.25, -0.2) is 0 Å². The summed E-state index contributed by atoms with van der Waals surface area (Å²) in [5, 5.41) is 9.16. The van der Waals surface area contributed by atoms with E-state index < -0.39 is 11.9 Å². The lowest BCUT2D eigenvalue weighted by molar-refractivity contribution is -0.143. The molecule has 2 heterocycles. The Morgan fingerprint density at radius 2 is 2.33 bits per heavy atom. The van der Waals surface area contributed by atoms with Crippen LogP contribution in [-0.4, -0.2) is 41.8 Å². The van der Waals surface area contributed by atoms with Crippen LogP contribution in [0.3, 0.4) is 0 Å². The Bertz CT molecular complexity index is 420. The first kappa shape index (κ1) is 13.6. The number of furan rings is 1. The van der Waals surface area contributed by atoms with E-state index in [2.05, 4.69) is 20.8 Å². The second-order valence-electron chi connectivity index (χ2n) is 4.32. The van der Waals surface area contributed by atoms with Crippen molar-refractivity contribution < 1.29 is 19.1 Å². The van der Waals surface area contributed by atoms with E-state index >= 15 is 0 Å². The topological polar surface area (TPSA) is 62.9 Å². The molecule has 0 amide bonds. The van der Waals surface area contributed by atoms with Crippen molar-refractivity contribution in [2.24, 2.45) is 5.92 Å². The monoisotopic (exact) mass is 317 g/mol. The smallest absolute Gasteiger partial charge is 0.310 e. The minimum absolute atomic E-state index is 0.0867. The van der Waals surface area contributed by atoms with E-state index in [1.54, 1.807) is 0 Å². The second kappa shape index (κ2) is 5.86. The molecule has 100 valence electrons. The van der Waals surface area contributed by atoms with Gasteiger partial charge in [0.15, 0.2) is 4.67 Å². The molecule has 2 atom stereocenters. The molecule has 2 unspecified atom stereocenters. The molecule has 1 saturated heterocycles. The van der Waals surface area contributed by atoms with Crippen LogP contribution in [0.1, 0.15) is 12.7 Å². The predicted molar refractivity (Wildman–Crippen MR) is 68.2 cm³/mol. The fraction of sp³-hybridized carbons (Fsp3) is 0.583. The number of aliphatic carboxylic acids is 1.